The van der Waals surface area contributed by atoms with Gasteiger partial charge in [-0.25, -0.2) is 0 Å². The number of benzene rings is 1. The maximum Gasteiger partial charge on any atom is 0.253 e. The number of nitrogen functional groups attached to an aromatic ring is 1. The Morgan fingerprint density at radius 3 is 3.00 bits per heavy atom. The van der Waals surface area contributed by atoms with Gasteiger partial charge in [0.2, 0.25) is 0 Å². The molecule has 1 aromatic rings. The molecule has 19 heavy (non-hydrogen) atoms. The fraction of sp³-hybridized carbons (Fsp3) is 0.462. The summed E-state index contributed by atoms with van der Waals surface area (Å²) in [5.74, 6) is 5.56. The van der Waals surface area contributed by atoms with Gasteiger partial charge >= 0.3 is 0 Å². The van der Waals surface area contributed by atoms with Crippen LogP contribution < -0.4 is 16.6 Å². The molecule has 1 aliphatic rings. The Kier molecular flexibility index (Phi) is 4.63. The number of hydrogen-bond donors (Lipinski definition) is 3. The normalized spacial score (nSPS) is 22.3. The Balaban J connectivity index is 2.01. The predicted molar refractivity (Wildman–Crippen MR) is 75.1 cm³/mol. The summed E-state index contributed by atoms with van der Waals surface area (Å²) in [6.45, 7) is 3.38. The number of carbonyl (C=O) groups is 1. The fourth-order valence-corrected chi connectivity index (χ4v) is 2.37. The average Bonchev–Trinajstić information content (AvgIpc) is 2.81. The van der Waals surface area contributed by atoms with Gasteiger partial charge in [-0.1, -0.05) is 11.6 Å². The molecule has 0 bridgehead atoms. The van der Waals surface area contributed by atoms with Gasteiger partial charge < -0.3 is 15.5 Å². The summed E-state index contributed by atoms with van der Waals surface area (Å²) >= 11 is 5.90. The Bertz CT molecular complexity index is 467. The van der Waals surface area contributed by atoms with Crippen molar-refractivity contribution in [2.24, 2.45) is 11.8 Å². The molecule has 0 radical (unpaired) electrons. The van der Waals surface area contributed by atoms with Crippen LogP contribution in [0.15, 0.2) is 18.2 Å². The van der Waals surface area contributed by atoms with Gasteiger partial charge in [0, 0.05) is 24.1 Å². The van der Waals surface area contributed by atoms with E-state index in [4.69, 9.17) is 22.2 Å². The molecule has 0 aromatic heterocycles. The highest BCUT2D eigenvalue weighted by Gasteiger charge is 2.24. The standard InChI is InChI=1S/C13H18ClN3O2/c1-8-9(4-5-19-8)7-16-13(18)11-6-10(14)2-3-12(11)17-15/h2-3,6,8-9,17H,4-5,7,15H2,1H3,(H,16,18). The molecule has 1 saturated heterocycles. The lowest BCUT2D eigenvalue weighted by Crippen LogP contribution is -2.32. The van der Waals surface area contributed by atoms with Crippen molar-refractivity contribution < 1.29 is 9.53 Å². The highest BCUT2D eigenvalue weighted by Crippen LogP contribution is 2.21. The summed E-state index contributed by atoms with van der Waals surface area (Å²) in [6.07, 6.45) is 1.16. The molecule has 1 fully saturated rings. The second-order valence-corrected chi connectivity index (χ2v) is 5.11. The molecule has 5 nitrogen and oxygen atoms in total. The van der Waals surface area contributed by atoms with Gasteiger partial charge in [0.05, 0.1) is 17.4 Å². The van der Waals surface area contributed by atoms with E-state index in [1.54, 1.807) is 18.2 Å². The van der Waals surface area contributed by atoms with Gasteiger partial charge in [-0.3, -0.25) is 10.6 Å². The second kappa shape index (κ2) is 6.23. The Labute approximate surface area is 117 Å². The number of nitrogens with one attached hydrogen (secondary N) is 2. The van der Waals surface area contributed by atoms with E-state index >= 15 is 0 Å². The van der Waals surface area contributed by atoms with E-state index in [9.17, 15) is 4.79 Å². The zero-order valence-corrected chi connectivity index (χ0v) is 11.5. The van der Waals surface area contributed by atoms with E-state index < -0.39 is 0 Å². The van der Waals surface area contributed by atoms with Crippen molar-refractivity contribution in [3.05, 3.63) is 28.8 Å². The van der Waals surface area contributed by atoms with E-state index in [1.807, 2.05) is 6.92 Å². The summed E-state index contributed by atoms with van der Waals surface area (Å²) in [4.78, 5) is 12.1. The molecule has 0 aliphatic carbocycles. The third-order valence-corrected chi connectivity index (χ3v) is 3.67. The van der Waals surface area contributed by atoms with Gasteiger partial charge in [-0.15, -0.1) is 0 Å². The number of nitrogens with two attached hydrogens (primary N) is 1. The monoisotopic (exact) mass is 283 g/mol. The first kappa shape index (κ1) is 14.1. The van der Waals surface area contributed by atoms with Crippen LogP contribution in [-0.4, -0.2) is 25.2 Å². The highest BCUT2D eigenvalue weighted by atomic mass is 35.5. The molecule has 2 unspecified atom stereocenters. The van der Waals surface area contributed by atoms with E-state index in [-0.39, 0.29) is 12.0 Å². The molecule has 1 heterocycles. The minimum atomic E-state index is -0.186. The maximum absolute atomic E-state index is 12.1. The molecular weight excluding hydrogens is 266 g/mol. The summed E-state index contributed by atoms with van der Waals surface area (Å²) < 4.78 is 5.46. The zero-order valence-electron chi connectivity index (χ0n) is 10.8. The van der Waals surface area contributed by atoms with Gasteiger partial charge in [-0.2, -0.15) is 0 Å². The summed E-state index contributed by atoms with van der Waals surface area (Å²) in [7, 11) is 0. The van der Waals surface area contributed by atoms with E-state index in [0.717, 1.165) is 13.0 Å². The number of rotatable bonds is 4. The lowest BCUT2D eigenvalue weighted by Gasteiger charge is -2.15. The third-order valence-electron chi connectivity index (χ3n) is 3.44. The Hall–Kier alpha value is -1.30. The van der Waals surface area contributed by atoms with Gasteiger partial charge in [0.1, 0.15) is 0 Å². The van der Waals surface area contributed by atoms with Crippen LogP contribution in [0.1, 0.15) is 23.7 Å². The van der Waals surface area contributed by atoms with Crippen LogP contribution in [0.4, 0.5) is 5.69 Å². The molecule has 1 amide bonds. The number of hydrazine groups is 1. The summed E-state index contributed by atoms with van der Waals surface area (Å²) in [6, 6.07) is 4.96. The number of carbonyl (C=O) groups excluding carboxylic acids is 1. The predicted octanol–water partition coefficient (Wildman–Crippen LogP) is 1.78. The van der Waals surface area contributed by atoms with Crippen molar-refractivity contribution in [3.8, 4) is 0 Å². The molecule has 0 spiro atoms. The average molecular weight is 284 g/mol. The van der Waals surface area contributed by atoms with Gasteiger partial charge in [0.25, 0.3) is 5.91 Å². The molecule has 1 aliphatic heterocycles. The van der Waals surface area contributed by atoms with Crippen LogP contribution in [0.3, 0.4) is 0 Å². The first-order chi connectivity index (χ1) is 9.11. The lowest BCUT2D eigenvalue weighted by atomic mass is 10.0. The van der Waals surface area contributed by atoms with Crippen LogP contribution >= 0.6 is 11.6 Å². The molecule has 104 valence electrons. The van der Waals surface area contributed by atoms with Crippen molar-refractivity contribution >= 4 is 23.2 Å². The number of halogens is 1. The summed E-state index contributed by atoms with van der Waals surface area (Å²) in [5.41, 5.74) is 3.50. The van der Waals surface area contributed by atoms with Gasteiger partial charge in [0.15, 0.2) is 0 Å². The van der Waals surface area contributed by atoms with Crippen LogP contribution in [0.5, 0.6) is 0 Å². The molecule has 2 rings (SSSR count). The van der Waals surface area contributed by atoms with Gasteiger partial charge in [-0.05, 0) is 31.5 Å². The van der Waals surface area contributed by atoms with Crippen LogP contribution in [0.2, 0.25) is 5.02 Å². The Morgan fingerprint density at radius 2 is 2.37 bits per heavy atom. The first-order valence-electron chi connectivity index (χ1n) is 6.27. The quantitative estimate of drug-likeness (QED) is 0.581. The molecule has 2 atom stereocenters. The minimum Gasteiger partial charge on any atom is -0.378 e. The van der Waals surface area contributed by atoms with Crippen molar-refractivity contribution in [2.75, 3.05) is 18.6 Å². The third kappa shape index (κ3) is 3.37. The largest absolute Gasteiger partial charge is 0.378 e. The van der Waals surface area contributed by atoms with Crippen LogP contribution in [0, 0.1) is 5.92 Å². The minimum absolute atomic E-state index is 0.186. The second-order valence-electron chi connectivity index (χ2n) is 4.67. The number of ether oxygens (including phenoxy) is 1. The number of anilines is 1. The van der Waals surface area contributed by atoms with Crippen molar-refractivity contribution in [1.82, 2.24) is 5.32 Å². The zero-order chi connectivity index (χ0) is 13.8. The van der Waals surface area contributed by atoms with E-state index in [0.29, 0.717) is 28.7 Å². The van der Waals surface area contributed by atoms with Crippen LogP contribution in [-0.2, 0) is 4.74 Å². The number of hydrogen-bond acceptors (Lipinski definition) is 4. The summed E-state index contributed by atoms with van der Waals surface area (Å²) in [5, 5.41) is 3.40. The topological polar surface area (TPSA) is 76.4 Å². The highest BCUT2D eigenvalue weighted by molar-refractivity contribution is 6.31. The smallest absolute Gasteiger partial charge is 0.253 e. The molecule has 6 heteroatoms. The SMILES string of the molecule is CC1OCCC1CNC(=O)c1cc(Cl)ccc1NN. The fourth-order valence-electron chi connectivity index (χ4n) is 2.19. The molecule has 1 aromatic carbocycles. The van der Waals surface area contributed by atoms with Crippen molar-refractivity contribution in [2.45, 2.75) is 19.4 Å². The Morgan fingerprint density at radius 1 is 1.58 bits per heavy atom. The number of amides is 1. The van der Waals surface area contributed by atoms with E-state index in [2.05, 4.69) is 10.7 Å². The maximum atomic E-state index is 12.1. The van der Waals surface area contributed by atoms with Crippen LogP contribution in [0.25, 0.3) is 0 Å². The molecular formula is C13H18ClN3O2. The van der Waals surface area contributed by atoms with E-state index in [1.165, 1.54) is 0 Å². The molecule has 4 N–H and O–H groups in total. The molecule has 0 saturated carbocycles. The lowest BCUT2D eigenvalue weighted by molar-refractivity contribution is 0.0908. The van der Waals surface area contributed by atoms with Crippen molar-refractivity contribution in [3.63, 3.8) is 0 Å². The first-order valence-corrected chi connectivity index (χ1v) is 6.65. The van der Waals surface area contributed by atoms with Crippen molar-refractivity contribution in [1.29, 1.82) is 0 Å².